The van der Waals surface area contributed by atoms with Gasteiger partial charge in [0.15, 0.2) is 0 Å². The van der Waals surface area contributed by atoms with E-state index in [0.717, 1.165) is 19.3 Å². The van der Waals surface area contributed by atoms with Crippen LogP contribution in [0.1, 0.15) is 40.0 Å². The number of amides is 1. The molecule has 18 heavy (non-hydrogen) atoms. The fourth-order valence-corrected chi connectivity index (χ4v) is 2.89. The van der Waals surface area contributed by atoms with E-state index in [9.17, 15) is 13.2 Å². The number of piperidine rings is 1. The summed E-state index contributed by atoms with van der Waals surface area (Å²) in [5, 5.41) is 2.99. The molecule has 1 aliphatic heterocycles. The summed E-state index contributed by atoms with van der Waals surface area (Å²) in [6.45, 7) is 6.80. The number of hydrogen-bond donors (Lipinski definition) is 1. The third kappa shape index (κ3) is 4.24. The van der Waals surface area contributed by atoms with Gasteiger partial charge in [0.25, 0.3) is 0 Å². The summed E-state index contributed by atoms with van der Waals surface area (Å²) in [7, 11) is -3.19. The summed E-state index contributed by atoms with van der Waals surface area (Å²) in [5.41, 5.74) is -0.232. The molecule has 1 aliphatic rings. The van der Waals surface area contributed by atoms with Crippen molar-refractivity contribution >= 4 is 15.9 Å². The van der Waals surface area contributed by atoms with Crippen LogP contribution < -0.4 is 5.32 Å². The first-order chi connectivity index (χ1) is 8.15. The number of nitrogens with one attached hydrogen (secondary N) is 1. The molecule has 0 saturated carbocycles. The van der Waals surface area contributed by atoms with Crippen LogP contribution in [0.3, 0.4) is 0 Å². The normalized spacial score (nSPS) is 22.8. The number of sulfonamides is 1. The molecule has 0 bridgehead atoms. The second kappa shape index (κ2) is 5.57. The van der Waals surface area contributed by atoms with E-state index in [2.05, 4.69) is 5.32 Å². The maximum Gasteiger partial charge on any atom is 0.224 e. The van der Waals surface area contributed by atoms with Crippen LogP contribution in [0, 0.1) is 5.92 Å². The summed E-state index contributed by atoms with van der Waals surface area (Å²) in [5.74, 6) is -0.255. The number of hydrogen-bond acceptors (Lipinski definition) is 3. The zero-order chi connectivity index (χ0) is 14.0. The molecule has 1 saturated heterocycles. The summed E-state index contributed by atoms with van der Waals surface area (Å²) < 4.78 is 24.4. The minimum Gasteiger partial charge on any atom is -0.351 e. The molecule has 0 spiro atoms. The molecule has 0 aliphatic carbocycles. The molecule has 0 aromatic rings. The predicted molar refractivity (Wildman–Crippen MR) is 71.7 cm³/mol. The average Bonchev–Trinajstić information content (AvgIpc) is 2.27. The van der Waals surface area contributed by atoms with Gasteiger partial charge in [0.1, 0.15) is 0 Å². The summed E-state index contributed by atoms with van der Waals surface area (Å²) in [6, 6.07) is 0. The van der Waals surface area contributed by atoms with Crippen LogP contribution >= 0.6 is 0 Å². The third-order valence-corrected chi connectivity index (χ3v) is 4.84. The van der Waals surface area contributed by atoms with Crippen molar-refractivity contribution in [3.05, 3.63) is 0 Å². The number of rotatable bonds is 4. The van der Waals surface area contributed by atoms with Gasteiger partial charge in [0.2, 0.25) is 15.9 Å². The van der Waals surface area contributed by atoms with Crippen molar-refractivity contribution in [2.75, 3.05) is 19.3 Å². The van der Waals surface area contributed by atoms with Gasteiger partial charge in [-0.05, 0) is 33.1 Å². The maximum absolute atomic E-state index is 12.1. The Morgan fingerprint density at radius 3 is 2.56 bits per heavy atom. The van der Waals surface area contributed by atoms with Crippen LogP contribution in [-0.4, -0.2) is 43.5 Å². The Labute approximate surface area is 110 Å². The van der Waals surface area contributed by atoms with E-state index in [1.807, 2.05) is 20.8 Å². The lowest BCUT2D eigenvalue weighted by Gasteiger charge is -2.33. The van der Waals surface area contributed by atoms with Gasteiger partial charge in [-0.1, -0.05) is 6.92 Å². The Balaban J connectivity index is 2.65. The monoisotopic (exact) mass is 276 g/mol. The van der Waals surface area contributed by atoms with Crippen molar-refractivity contribution in [2.24, 2.45) is 5.92 Å². The Morgan fingerprint density at radius 2 is 2.06 bits per heavy atom. The van der Waals surface area contributed by atoms with Gasteiger partial charge < -0.3 is 5.32 Å². The molecule has 1 N–H and O–H groups in total. The summed E-state index contributed by atoms with van der Waals surface area (Å²) in [6.07, 6.45) is 3.56. The van der Waals surface area contributed by atoms with E-state index in [-0.39, 0.29) is 17.4 Å². The van der Waals surface area contributed by atoms with Crippen molar-refractivity contribution in [3.8, 4) is 0 Å². The molecular formula is C12H24N2O3S. The fraction of sp³-hybridized carbons (Fsp3) is 0.917. The van der Waals surface area contributed by atoms with E-state index in [1.54, 1.807) is 0 Å². The van der Waals surface area contributed by atoms with Gasteiger partial charge in [-0.25, -0.2) is 12.7 Å². The lowest BCUT2D eigenvalue weighted by atomic mass is 9.95. The quantitative estimate of drug-likeness (QED) is 0.832. The molecule has 1 atom stereocenters. The Bertz CT molecular complexity index is 404. The largest absolute Gasteiger partial charge is 0.351 e. The van der Waals surface area contributed by atoms with E-state index >= 15 is 0 Å². The summed E-state index contributed by atoms with van der Waals surface area (Å²) in [4.78, 5) is 12.1. The SMILES string of the molecule is CCC(C)(C)NC(=O)[C@@H]1CCCN(S(C)(=O)=O)C1. The van der Waals surface area contributed by atoms with Crippen molar-refractivity contribution in [2.45, 2.75) is 45.6 Å². The number of nitrogens with zero attached hydrogens (tertiary/aromatic N) is 1. The minimum absolute atomic E-state index is 0.0322. The van der Waals surface area contributed by atoms with Crippen molar-refractivity contribution in [1.82, 2.24) is 9.62 Å². The maximum atomic E-state index is 12.1. The van der Waals surface area contributed by atoms with Crippen LogP contribution in [0.25, 0.3) is 0 Å². The molecule has 106 valence electrons. The van der Waals surface area contributed by atoms with Crippen LogP contribution in [0.2, 0.25) is 0 Å². The molecule has 1 amide bonds. The first kappa shape index (κ1) is 15.4. The molecule has 0 radical (unpaired) electrons. The lowest BCUT2D eigenvalue weighted by molar-refractivity contribution is -0.127. The van der Waals surface area contributed by atoms with Gasteiger partial charge in [-0.2, -0.15) is 0 Å². The van der Waals surface area contributed by atoms with Gasteiger partial charge in [0.05, 0.1) is 12.2 Å². The highest BCUT2D eigenvalue weighted by molar-refractivity contribution is 7.88. The van der Waals surface area contributed by atoms with Crippen LogP contribution in [-0.2, 0) is 14.8 Å². The standard InChI is InChI=1S/C12H24N2O3S/c1-5-12(2,3)13-11(15)10-7-6-8-14(9-10)18(4,16)17/h10H,5-9H2,1-4H3,(H,13,15)/t10-/m1/s1. The van der Waals surface area contributed by atoms with Gasteiger partial charge in [-0.15, -0.1) is 0 Å². The highest BCUT2D eigenvalue weighted by Gasteiger charge is 2.31. The molecule has 5 nitrogen and oxygen atoms in total. The van der Waals surface area contributed by atoms with Gasteiger partial charge in [0, 0.05) is 18.6 Å². The topological polar surface area (TPSA) is 66.5 Å². The van der Waals surface area contributed by atoms with Crippen LogP contribution in [0.15, 0.2) is 0 Å². The molecule has 0 aromatic carbocycles. The van der Waals surface area contributed by atoms with Gasteiger partial charge >= 0.3 is 0 Å². The number of carbonyl (C=O) groups excluding carboxylic acids is 1. The smallest absolute Gasteiger partial charge is 0.224 e. The lowest BCUT2D eigenvalue weighted by Crippen LogP contribution is -2.50. The molecule has 6 heteroatoms. The Hall–Kier alpha value is -0.620. The Morgan fingerprint density at radius 1 is 1.44 bits per heavy atom. The van der Waals surface area contributed by atoms with Crippen LogP contribution in [0.4, 0.5) is 0 Å². The second-order valence-corrected chi connectivity index (χ2v) is 7.67. The van der Waals surface area contributed by atoms with Crippen molar-refractivity contribution in [3.63, 3.8) is 0 Å². The van der Waals surface area contributed by atoms with Crippen LogP contribution in [0.5, 0.6) is 0 Å². The highest BCUT2D eigenvalue weighted by Crippen LogP contribution is 2.20. The van der Waals surface area contributed by atoms with E-state index < -0.39 is 10.0 Å². The van der Waals surface area contributed by atoms with Crippen molar-refractivity contribution in [1.29, 1.82) is 0 Å². The minimum atomic E-state index is -3.19. The molecule has 1 rings (SSSR count). The van der Waals surface area contributed by atoms with E-state index in [4.69, 9.17) is 0 Å². The molecule has 1 fully saturated rings. The first-order valence-electron chi connectivity index (χ1n) is 6.43. The van der Waals surface area contributed by atoms with Gasteiger partial charge in [-0.3, -0.25) is 4.79 Å². The second-order valence-electron chi connectivity index (χ2n) is 5.69. The zero-order valence-corrected chi connectivity index (χ0v) is 12.5. The van der Waals surface area contributed by atoms with Crippen molar-refractivity contribution < 1.29 is 13.2 Å². The van der Waals surface area contributed by atoms with E-state index in [1.165, 1.54) is 10.6 Å². The summed E-state index contributed by atoms with van der Waals surface area (Å²) >= 11 is 0. The molecule has 1 heterocycles. The third-order valence-electron chi connectivity index (χ3n) is 3.57. The zero-order valence-electron chi connectivity index (χ0n) is 11.7. The first-order valence-corrected chi connectivity index (χ1v) is 8.27. The average molecular weight is 276 g/mol. The fourth-order valence-electron chi connectivity index (χ4n) is 1.98. The van der Waals surface area contributed by atoms with E-state index in [0.29, 0.717) is 13.1 Å². The number of carbonyl (C=O) groups is 1. The molecule has 0 aromatic heterocycles. The highest BCUT2D eigenvalue weighted by atomic mass is 32.2. The molecule has 0 unspecified atom stereocenters. The Kier molecular flexibility index (Phi) is 4.78. The molecular weight excluding hydrogens is 252 g/mol. The predicted octanol–water partition coefficient (Wildman–Crippen LogP) is 0.963.